The molecule has 0 N–H and O–H groups in total. The molecule has 8 heteroatoms. The van der Waals surface area contributed by atoms with Gasteiger partial charge in [-0.25, -0.2) is 4.79 Å². The SMILES string of the molecule is C=CC(=O)OCCOC1C2CC3C1OS(=O)(=O)C3C2C#N. The predicted molar refractivity (Wildman–Crippen MR) is 69.2 cm³/mol. The van der Waals surface area contributed by atoms with Crippen LogP contribution < -0.4 is 0 Å². The van der Waals surface area contributed by atoms with E-state index in [1.165, 1.54) is 0 Å². The van der Waals surface area contributed by atoms with Crippen molar-refractivity contribution in [2.24, 2.45) is 17.8 Å². The average molecular weight is 313 g/mol. The highest BCUT2D eigenvalue weighted by atomic mass is 32.2. The Morgan fingerprint density at radius 3 is 2.86 bits per heavy atom. The molecule has 1 aliphatic heterocycles. The van der Waals surface area contributed by atoms with Gasteiger partial charge in [-0.2, -0.15) is 13.7 Å². The summed E-state index contributed by atoms with van der Waals surface area (Å²) in [5.41, 5.74) is 0. The van der Waals surface area contributed by atoms with Gasteiger partial charge in [-0.05, 0) is 6.42 Å². The Balaban J connectivity index is 1.65. The molecule has 0 aromatic carbocycles. The number of hydrogen-bond acceptors (Lipinski definition) is 7. The van der Waals surface area contributed by atoms with E-state index in [9.17, 15) is 18.5 Å². The molecule has 0 aromatic rings. The topological polar surface area (TPSA) is 103 Å². The second kappa shape index (κ2) is 5.09. The minimum atomic E-state index is -3.67. The largest absolute Gasteiger partial charge is 0.460 e. The Morgan fingerprint density at radius 1 is 1.43 bits per heavy atom. The van der Waals surface area contributed by atoms with Gasteiger partial charge < -0.3 is 9.47 Å². The van der Waals surface area contributed by atoms with Crippen LogP contribution in [0.25, 0.3) is 0 Å². The summed E-state index contributed by atoms with van der Waals surface area (Å²) in [6, 6.07) is 2.09. The first kappa shape index (κ1) is 14.5. The molecule has 21 heavy (non-hydrogen) atoms. The molecule has 1 heterocycles. The lowest BCUT2D eigenvalue weighted by Gasteiger charge is -2.28. The van der Waals surface area contributed by atoms with Crippen LogP contribution in [-0.4, -0.2) is 45.1 Å². The fraction of sp³-hybridized carbons (Fsp3) is 0.692. The first-order valence-corrected chi connectivity index (χ1v) is 8.19. The Bertz CT molecular complexity index is 609. The maximum absolute atomic E-state index is 11.9. The summed E-state index contributed by atoms with van der Waals surface area (Å²) < 4.78 is 39.5. The molecule has 0 spiro atoms. The molecule has 0 amide bonds. The second-order valence-electron chi connectivity index (χ2n) is 5.44. The molecule has 2 aliphatic carbocycles. The summed E-state index contributed by atoms with van der Waals surface area (Å²) >= 11 is 0. The molecule has 6 atom stereocenters. The molecule has 6 unspecified atom stereocenters. The van der Waals surface area contributed by atoms with Crippen molar-refractivity contribution in [1.82, 2.24) is 0 Å². The third-order valence-electron chi connectivity index (χ3n) is 4.48. The minimum Gasteiger partial charge on any atom is -0.460 e. The molecule has 114 valence electrons. The lowest BCUT2D eigenvalue weighted by Crippen LogP contribution is -2.41. The molecule has 7 nitrogen and oxygen atoms in total. The van der Waals surface area contributed by atoms with Crippen LogP contribution in [0.1, 0.15) is 6.42 Å². The van der Waals surface area contributed by atoms with Crippen LogP contribution in [0.5, 0.6) is 0 Å². The Morgan fingerprint density at radius 2 is 2.19 bits per heavy atom. The van der Waals surface area contributed by atoms with Crippen LogP contribution in [0.3, 0.4) is 0 Å². The van der Waals surface area contributed by atoms with Crippen molar-refractivity contribution in [3.05, 3.63) is 12.7 Å². The van der Waals surface area contributed by atoms with Crippen LogP contribution in [-0.2, 0) is 28.6 Å². The van der Waals surface area contributed by atoms with Crippen LogP contribution in [0.4, 0.5) is 0 Å². The fourth-order valence-corrected chi connectivity index (χ4v) is 5.77. The first-order chi connectivity index (χ1) is 9.99. The van der Waals surface area contributed by atoms with Crippen molar-refractivity contribution in [2.45, 2.75) is 23.9 Å². The predicted octanol–water partition coefficient (Wildman–Crippen LogP) is -0.0125. The van der Waals surface area contributed by atoms with E-state index in [1.54, 1.807) is 0 Å². The van der Waals surface area contributed by atoms with Crippen LogP contribution in [0, 0.1) is 29.1 Å². The molecule has 1 saturated heterocycles. The number of carbonyl (C=O) groups excluding carboxylic acids is 1. The maximum atomic E-state index is 11.9. The smallest absolute Gasteiger partial charge is 0.330 e. The normalized spacial score (nSPS) is 41.7. The Labute approximate surface area is 122 Å². The van der Waals surface area contributed by atoms with Crippen LogP contribution in [0.15, 0.2) is 12.7 Å². The van der Waals surface area contributed by atoms with Gasteiger partial charge in [-0.15, -0.1) is 0 Å². The molecule has 3 fully saturated rings. The van der Waals surface area contributed by atoms with Crippen molar-refractivity contribution >= 4 is 16.1 Å². The molecular formula is C13H15NO6S. The number of nitrogens with zero attached hydrogens (tertiary/aromatic N) is 1. The summed E-state index contributed by atoms with van der Waals surface area (Å²) in [4.78, 5) is 10.9. The summed E-state index contributed by atoms with van der Waals surface area (Å²) in [7, 11) is -3.67. The third kappa shape index (κ3) is 2.16. The second-order valence-corrected chi connectivity index (χ2v) is 7.17. The number of carbonyl (C=O) groups is 1. The number of fused-ring (bicyclic) bond motifs is 1. The molecular weight excluding hydrogens is 298 g/mol. The molecule has 0 radical (unpaired) electrons. The van der Waals surface area contributed by atoms with E-state index in [0.717, 1.165) is 6.08 Å². The monoisotopic (exact) mass is 313 g/mol. The van der Waals surface area contributed by atoms with Gasteiger partial charge in [-0.1, -0.05) is 6.58 Å². The number of esters is 1. The van der Waals surface area contributed by atoms with E-state index in [2.05, 4.69) is 12.6 Å². The van der Waals surface area contributed by atoms with E-state index < -0.39 is 39.5 Å². The van der Waals surface area contributed by atoms with Crippen LogP contribution >= 0.6 is 0 Å². The molecule has 3 rings (SSSR count). The number of ether oxygens (including phenoxy) is 2. The molecule has 2 saturated carbocycles. The van der Waals surface area contributed by atoms with Gasteiger partial charge >= 0.3 is 5.97 Å². The maximum Gasteiger partial charge on any atom is 0.330 e. The number of hydrogen-bond donors (Lipinski definition) is 0. The number of rotatable bonds is 5. The van der Waals surface area contributed by atoms with Gasteiger partial charge in [-0.3, -0.25) is 4.18 Å². The van der Waals surface area contributed by atoms with Gasteiger partial charge in [0.15, 0.2) is 0 Å². The lowest BCUT2D eigenvalue weighted by atomic mass is 9.85. The van der Waals surface area contributed by atoms with Crippen molar-refractivity contribution in [3.63, 3.8) is 0 Å². The zero-order valence-corrected chi connectivity index (χ0v) is 12.0. The van der Waals surface area contributed by atoms with Gasteiger partial charge in [0, 0.05) is 17.9 Å². The zero-order valence-electron chi connectivity index (χ0n) is 11.2. The summed E-state index contributed by atoms with van der Waals surface area (Å²) in [5.74, 6) is -1.42. The number of nitriles is 1. The summed E-state index contributed by atoms with van der Waals surface area (Å²) in [6.45, 7) is 3.47. The molecule has 3 aliphatic rings. The van der Waals surface area contributed by atoms with E-state index >= 15 is 0 Å². The Hall–Kier alpha value is -1.43. The van der Waals surface area contributed by atoms with Gasteiger partial charge in [0.1, 0.15) is 18.0 Å². The minimum absolute atomic E-state index is 0.0544. The highest BCUT2D eigenvalue weighted by molar-refractivity contribution is 7.87. The van der Waals surface area contributed by atoms with E-state index in [4.69, 9.17) is 13.7 Å². The Kier molecular flexibility index (Phi) is 3.51. The third-order valence-corrected chi connectivity index (χ3v) is 6.28. The van der Waals surface area contributed by atoms with E-state index in [0.29, 0.717) is 6.42 Å². The van der Waals surface area contributed by atoms with Gasteiger partial charge in [0.25, 0.3) is 10.1 Å². The van der Waals surface area contributed by atoms with Crippen molar-refractivity contribution in [2.75, 3.05) is 13.2 Å². The van der Waals surface area contributed by atoms with Gasteiger partial charge in [0.05, 0.1) is 24.7 Å². The molecule has 0 aromatic heterocycles. The highest BCUT2D eigenvalue weighted by Crippen LogP contribution is 2.58. The van der Waals surface area contributed by atoms with Crippen molar-refractivity contribution in [3.8, 4) is 6.07 Å². The highest BCUT2D eigenvalue weighted by Gasteiger charge is 2.69. The lowest BCUT2D eigenvalue weighted by molar-refractivity contribution is -0.141. The van der Waals surface area contributed by atoms with E-state index in [-0.39, 0.29) is 25.0 Å². The molecule has 2 bridgehead atoms. The fourth-order valence-electron chi connectivity index (χ4n) is 3.76. The van der Waals surface area contributed by atoms with Crippen molar-refractivity contribution < 1.29 is 26.9 Å². The van der Waals surface area contributed by atoms with E-state index in [1.807, 2.05) is 0 Å². The average Bonchev–Trinajstić information content (AvgIpc) is 3.04. The summed E-state index contributed by atoms with van der Waals surface area (Å²) in [6.07, 6.45) is 0.741. The summed E-state index contributed by atoms with van der Waals surface area (Å²) in [5, 5.41) is 8.52. The quantitative estimate of drug-likeness (QED) is 0.304. The zero-order chi connectivity index (χ0) is 15.2. The van der Waals surface area contributed by atoms with Crippen molar-refractivity contribution in [1.29, 1.82) is 5.26 Å². The van der Waals surface area contributed by atoms with Gasteiger partial charge in [0.2, 0.25) is 0 Å². The van der Waals surface area contributed by atoms with Crippen LogP contribution in [0.2, 0.25) is 0 Å². The standard InChI is InChI=1S/C13H15NO6S/c1-2-10(15)18-3-4-19-11-7-5-8-12(11)20-21(16,17)13(8)9(7)6-14/h2,7-9,11-13H,1,3-5H2. The first-order valence-electron chi connectivity index (χ1n) is 6.72.